The van der Waals surface area contributed by atoms with Gasteiger partial charge in [0.15, 0.2) is 29.3 Å². The van der Waals surface area contributed by atoms with Crippen LogP contribution in [-0.4, -0.2) is 125 Å². The van der Waals surface area contributed by atoms with Crippen molar-refractivity contribution in [3.05, 3.63) is 34.5 Å². The van der Waals surface area contributed by atoms with Gasteiger partial charge in [-0.05, 0) is 12.1 Å². The van der Waals surface area contributed by atoms with Crippen LogP contribution in [0.15, 0.2) is 33.5 Å². The van der Waals surface area contributed by atoms with E-state index in [-0.39, 0.29) is 11.1 Å². The lowest BCUT2D eigenvalue weighted by Gasteiger charge is -2.44. The number of aromatic hydroxyl groups is 5. The maximum Gasteiger partial charge on any atom is 0.239 e. The average molecular weight is 612 g/mol. The lowest BCUT2D eigenvalue weighted by Crippen LogP contribution is -2.63. The summed E-state index contributed by atoms with van der Waals surface area (Å²) >= 11 is 0. The van der Waals surface area contributed by atoms with Crippen LogP contribution in [0.2, 0.25) is 0 Å². The number of hydrogen-bond acceptors (Lipinski definition) is 17. The Morgan fingerprint density at radius 3 is 2.14 bits per heavy atom. The van der Waals surface area contributed by atoms with Gasteiger partial charge in [-0.25, -0.2) is 0 Å². The molecule has 11 N–H and O–H groups in total. The summed E-state index contributed by atoms with van der Waals surface area (Å²) in [6, 6.07) is 3.60. The van der Waals surface area contributed by atoms with Crippen LogP contribution in [-0.2, 0) is 14.2 Å². The molecular formula is C26H28O17. The Labute approximate surface area is 239 Å². The van der Waals surface area contributed by atoms with E-state index >= 15 is 0 Å². The number of hydrogen-bond donors (Lipinski definition) is 11. The molecule has 0 radical (unpaired) electrons. The van der Waals surface area contributed by atoms with Gasteiger partial charge in [0.1, 0.15) is 65.2 Å². The molecule has 17 nitrogen and oxygen atoms in total. The first-order chi connectivity index (χ1) is 20.3. The number of phenols is 5. The third kappa shape index (κ3) is 5.49. The second-order valence-corrected chi connectivity index (χ2v) is 9.97. The summed E-state index contributed by atoms with van der Waals surface area (Å²) in [4.78, 5) is 13.6. The van der Waals surface area contributed by atoms with Crippen molar-refractivity contribution in [2.24, 2.45) is 0 Å². The molecule has 0 bridgehead atoms. The van der Waals surface area contributed by atoms with Crippen LogP contribution in [0, 0.1) is 0 Å². The Bertz CT molecular complexity index is 1530. The van der Waals surface area contributed by atoms with Crippen molar-refractivity contribution >= 4 is 11.0 Å². The summed E-state index contributed by atoms with van der Waals surface area (Å²) in [5.74, 6) is -5.04. The van der Waals surface area contributed by atoms with Gasteiger partial charge < -0.3 is 79.5 Å². The highest BCUT2D eigenvalue weighted by Gasteiger charge is 2.49. The van der Waals surface area contributed by atoms with Crippen LogP contribution >= 0.6 is 0 Å². The minimum absolute atomic E-state index is 0.246. The number of aliphatic hydroxyl groups is 6. The predicted molar refractivity (Wildman–Crippen MR) is 137 cm³/mol. The summed E-state index contributed by atoms with van der Waals surface area (Å²) in [7, 11) is 0. The smallest absolute Gasteiger partial charge is 0.239 e. The number of phenolic OH excluding ortho intramolecular Hbond substituents is 5. The number of aliphatic hydroxyl groups excluding tert-OH is 6. The summed E-state index contributed by atoms with van der Waals surface area (Å²) in [6.45, 7) is -1.36. The molecule has 2 fully saturated rings. The minimum atomic E-state index is -1.96. The highest BCUT2D eigenvalue weighted by Crippen LogP contribution is 2.43. The molecule has 2 aliphatic rings. The molecule has 9 atom stereocenters. The van der Waals surface area contributed by atoms with Crippen molar-refractivity contribution < 1.29 is 79.5 Å². The molecule has 2 aliphatic heterocycles. The maximum atomic E-state index is 13.6. The molecule has 2 saturated heterocycles. The van der Waals surface area contributed by atoms with Crippen LogP contribution in [0.4, 0.5) is 0 Å². The number of benzene rings is 2. The molecule has 0 unspecified atom stereocenters. The van der Waals surface area contributed by atoms with Crippen LogP contribution in [0.1, 0.15) is 0 Å². The molecule has 3 aromatic rings. The van der Waals surface area contributed by atoms with Crippen molar-refractivity contribution in [1.29, 1.82) is 0 Å². The van der Waals surface area contributed by atoms with Crippen LogP contribution < -0.4 is 10.2 Å². The van der Waals surface area contributed by atoms with Gasteiger partial charge in [-0.15, -0.1) is 0 Å². The molecule has 17 heteroatoms. The summed E-state index contributed by atoms with van der Waals surface area (Å²) in [5, 5.41) is 111. The molecule has 1 aromatic heterocycles. The van der Waals surface area contributed by atoms with E-state index < -0.39 is 120 Å². The van der Waals surface area contributed by atoms with Crippen molar-refractivity contribution in [3.8, 4) is 45.8 Å². The quantitative estimate of drug-likeness (QED) is 0.130. The van der Waals surface area contributed by atoms with E-state index in [9.17, 15) is 61.0 Å². The number of fused-ring (bicyclic) bond motifs is 1. The molecule has 2 aromatic carbocycles. The molecule has 0 spiro atoms. The minimum Gasteiger partial charge on any atom is -0.508 e. The third-order valence-corrected chi connectivity index (χ3v) is 7.05. The second kappa shape index (κ2) is 11.6. The second-order valence-electron chi connectivity index (χ2n) is 9.97. The number of ether oxygens (including phenoxy) is 4. The van der Waals surface area contributed by atoms with Crippen molar-refractivity contribution in [2.45, 2.75) is 55.3 Å². The highest BCUT2D eigenvalue weighted by atomic mass is 16.7. The van der Waals surface area contributed by atoms with Gasteiger partial charge in [0.2, 0.25) is 17.5 Å². The van der Waals surface area contributed by atoms with Gasteiger partial charge in [0, 0.05) is 17.7 Å². The predicted octanol–water partition coefficient (Wildman–Crippen LogP) is -2.37. The molecular weight excluding hydrogens is 584 g/mol. The Hall–Kier alpha value is -3.91. The standard InChI is InChI=1S/C26H28O17/c27-5-14-17(34)19(36)20(37)26(41-14)42-23-12(32)6-39-25(21(23)38)43-24-18(35)15-9(29)3-8(28)4-13(15)40-22(24)7-1-10(30)16(33)11(31)2-7/h1-4,12,14,17,19-21,23,25-34,36-38H,5-6H2/t12-,14-,17+,19+,20-,21-,23+,25+,26-/m1/s1. The van der Waals surface area contributed by atoms with E-state index in [4.69, 9.17) is 23.4 Å². The topological polar surface area (TPSA) is 290 Å². The molecule has 0 saturated carbocycles. The summed E-state index contributed by atoms with van der Waals surface area (Å²) < 4.78 is 27.5. The van der Waals surface area contributed by atoms with Gasteiger partial charge in [-0.3, -0.25) is 4.79 Å². The zero-order valence-electron chi connectivity index (χ0n) is 21.8. The van der Waals surface area contributed by atoms with E-state index in [2.05, 4.69) is 0 Å². The van der Waals surface area contributed by atoms with E-state index in [1.807, 2.05) is 0 Å². The Morgan fingerprint density at radius 2 is 1.49 bits per heavy atom. The van der Waals surface area contributed by atoms with Crippen molar-refractivity contribution in [3.63, 3.8) is 0 Å². The number of rotatable bonds is 6. The van der Waals surface area contributed by atoms with E-state index in [1.54, 1.807) is 0 Å². The van der Waals surface area contributed by atoms with Gasteiger partial charge in [0.25, 0.3) is 0 Å². The fourth-order valence-corrected chi connectivity index (χ4v) is 4.80. The van der Waals surface area contributed by atoms with Gasteiger partial charge in [-0.2, -0.15) is 0 Å². The molecule has 43 heavy (non-hydrogen) atoms. The monoisotopic (exact) mass is 612 g/mol. The molecule has 0 aliphatic carbocycles. The Balaban J connectivity index is 1.53. The SMILES string of the molecule is O=c1c(O[C@@H]2OC[C@@H](O)[C@H](O[C@H]3O[C@H](CO)[C@H](O)[C@H](O)[C@H]3O)[C@H]2O)c(-c2cc(O)c(O)c(O)c2)oc2cc(O)cc(O)c12. The zero-order valence-corrected chi connectivity index (χ0v) is 21.8. The molecule has 3 heterocycles. The normalized spacial score (nSPS) is 31.3. The average Bonchev–Trinajstić information content (AvgIpc) is 2.95. The molecule has 5 rings (SSSR count). The lowest BCUT2D eigenvalue weighted by molar-refractivity contribution is -0.343. The Morgan fingerprint density at radius 1 is 0.814 bits per heavy atom. The fraction of sp³-hybridized carbons (Fsp3) is 0.423. The van der Waals surface area contributed by atoms with Gasteiger partial charge in [0.05, 0.1) is 13.2 Å². The van der Waals surface area contributed by atoms with Crippen molar-refractivity contribution in [1.82, 2.24) is 0 Å². The first-order valence-electron chi connectivity index (χ1n) is 12.7. The third-order valence-electron chi connectivity index (χ3n) is 7.05. The molecule has 0 amide bonds. The largest absolute Gasteiger partial charge is 0.508 e. The van der Waals surface area contributed by atoms with Crippen LogP contribution in [0.25, 0.3) is 22.3 Å². The van der Waals surface area contributed by atoms with Gasteiger partial charge >= 0.3 is 0 Å². The van der Waals surface area contributed by atoms with Crippen LogP contribution in [0.3, 0.4) is 0 Å². The zero-order chi connectivity index (χ0) is 31.3. The first-order valence-corrected chi connectivity index (χ1v) is 12.7. The maximum absolute atomic E-state index is 13.6. The first kappa shape index (κ1) is 30.5. The van der Waals surface area contributed by atoms with Crippen molar-refractivity contribution in [2.75, 3.05) is 13.2 Å². The van der Waals surface area contributed by atoms with E-state index in [1.165, 1.54) is 0 Å². The summed E-state index contributed by atoms with van der Waals surface area (Å²) in [5.41, 5.74) is -1.68. The van der Waals surface area contributed by atoms with Crippen LogP contribution in [0.5, 0.6) is 34.5 Å². The fourth-order valence-electron chi connectivity index (χ4n) is 4.80. The van der Waals surface area contributed by atoms with E-state index in [0.29, 0.717) is 0 Å². The lowest BCUT2D eigenvalue weighted by atomic mass is 9.98. The summed E-state index contributed by atoms with van der Waals surface area (Å²) in [6.07, 6.45) is -15.6. The van der Waals surface area contributed by atoms with Gasteiger partial charge in [-0.1, -0.05) is 0 Å². The highest BCUT2D eigenvalue weighted by molar-refractivity contribution is 5.88. The van der Waals surface area contributed by atoms with E-state index in [0.717, 1.165) is 24.3 Å². The Kier molecular flexibility index (Phi) is 8.27. The molecule has 234 valence electrons.